The van der Waals surface area contributed by atoms with Crippen LogP contribution in [0.5, 0.6) is 0 Å². The predicted molar refractivity (Wildman–Crippen MR) is 94.9 cm³/mol. The van der Waals surface area contributed by atoms with Crippen LogP contribution in [0, 0.1) is 6.92 Å². The summed E-state index contributed by atoms with van der Waals surface area (Å²) in [5, 5.41) is 6.86. The normalized spacial score (nSPS) is 10.5. The molecule has 0 aliphatic heterocycles. The zero-order valence-electron chi connectivity index (χ0n) is 13.3. The van der Waals surface area contributed by atoms with Crippen molar-refractivity contribution in [1.82, 2.24) is 4.98 Å². The Kier molecular flexibility index (Phi) is 4.24. The number of nitrogens with one attached hydrogen (secondary N) is 2. The quantitative estimate of drug-likeness (QED) is 0.733. The number of amides is 2. The average molecular weight is 305 g/mol. The minimum Gasteiger partial charge on any atom is -0.307 e. The maximum atomic E-state index is 12.4. The molecule has 0 unspecified atom stereocenters. The van der Waals surface area contributed by atoms with Gasteiger partial charge in [0.2, 0.25) is 0 Å². The number of aromatic nitrogens is 1. The van der Waals surface area contributed by atoms with Gasteiger partial charge in [0, 0.05) is 17.3 Å². The summed E-state index contributed by atoms with van der Waals surface area (Å²) < 4.78 is 0. The molecule has 1 heterocycles. The lowest BCUT2D eigenvalue weighted by molar-refractivity contribution is 0.262. The van der Waals surface area contributed by atoms with E-state index in [9.17, 15) is 4.79 Å². The fourth-order valence-corrected chi connectivity index (χ4v) is 2.67. The van der Waals surface area contributed by atoms with E-state index in [0.717, 1.165) is 34.1 Å². The minimum atomic E-state index is -0.257. The molecule has 0 atom stereocenters. The minimum absolute atomic E-state index is 0.257. The van der Waals surface area contributed by atoms with Crippen molar-refractivity contribution in [2.75, 3.05) is 10.6 Å². The molecule has 0 aliphatic carbocycles. The van der Waals surface area contributed by atoms with Gasteiger partial charge in [-0.2, -0.15) is 0 Å². The Labute approximate surface area is 135 Å². The average Bonchev–Trinajstić information content (AvgIpc) is 2.57. The van der Waals surface area contributed by atoms with Crippen molar-refractivity contribution in [2.24, 2.45) is 0 Å². The second-order valence-electron chi connectivity index (χ2n) is 5.42. The van der Waals surface area contributed by atoms with Crippen LogP contribution < -0.4 is 10.6 Å². The zero-order chi connectivity index (χ0) is 16.2. The highest BCUT2D eigenvalue weighted by molar-refractivity contribution is 6.05. The first-order valence-corrected chi connectivity index (χ1v) is 7.69. The number of hydrogen-bond acceptors (Lipinski definition) is 2. The topological polar surface area (TPSA) is 54.0 Å². The number of fused-ring (bicyclic) bond motifs is 1. The van der Waals surface area contributed by atoms with E-state index in [-0.39, 0.29) is 6.03 Å². The number of carbonyl (C=O) groups is 1. The third-order valence-electron chi connectivity index (χ3n) is 3.86. The molecule has 3 rings (SSSR count). The third-order valence-corrected chi connectivity index (χ3v) is 3.86. The van der Waals surface area contributed by atoms with Gasteiger partial charge in [-0.05, 0) is 36.6 Å². The maximum absolute atomic E-state index is 12.4. The summed E-state index contributed by atoms with van der Waals surface area (Å²) in [5.41, 5.74) is 4.53. The van der Waals surface area contributed by atoms with E-state index in [4.69, 9.17) is 0 Å². The van der Waals surface area contributed by atoms with Gasteiger partial charge in [0.05, 0.1) is 11.2 Å². The van der Waals surface area contributed by atoms with Gasteiger partial charge in [0.1, 0.15) is 0 Å². The zero-order valence-corrected chi connectivity index (χ0v) is 13.3. The number of carbonyl (C=O) groups excluding carboxylic acids is 1. The number of rotatable bonds is 3. The SMILES string of the molecule is CCc1cccc(C)c1NC(=O)Nc1cccc2cccnc12. The van der Waals surface area contributed by atoms with E-state index in [1.807, 2.05) is 55.5 Å². The summed E-state index contributed by atoms with van der Waals surface area (Å²) in [6.45, 7) is 4.07. The van der Waals surface area contributed by atoms with Crippen molar-refractivity contribution in [1.29, 1.82) is 0 Å². The molecule has 0 bridgehead atoms. The molecule has 116 valence electrons. The molecular weight excluding hydrogens is 286 g/mol. The Morgan fingerprint density at radius 2 is 1.83 bits per heavy atom. The van der Waals surface area contributed by atoms with Crippen molar-refractivity contribution in [3.8, 4) is 0 Å². The molecule has 0 spiro atoms. The van der Waals surface area contributed by atoms with E-state index < -0.39 is 0 Å². The number of para-hydroxylation sites is 2. The second kappa shape index (κ2) is 6.48. The fourth-order valence-electron chi connectivity index (χ4n) is 2.67. The van der Waals surface area contributed by atoms with Gasteiger partial charge in [0.15, 0.2) is 0 Å². The van der Waals surface area contributed by atoms with Crippen LogP contribution in [0.15, 0.2) is 54.7 Å². The summed E-state index contributed by atoms with van der Waals surface area (Å²) in [6.07, 6.45) is 2.59. The molecule has 23 heavy (non-hydrogen) atoms. The van der Waals surface area contributed by atoms with Crippen molar-refractivity contribution in [3.05, 3.63) is 65.9 Å². The highest BCUT2D eigenvalue weighted by Gasteiger charge is 2.10. The summed E-state index contributed by atoms with van der Waals surface area (Å²) >= 11 is 0. The lowest BCUT2D eigenvalue weighted by atomic mass is 10.1. The van der Waals surface area contributed by atoms with Crippen LogP contribution in [-0.4, -0.2) is 11.0 Å². The lowest BCUT2D eigenvalue weighted by Crippen LogP contribution is -2.21. The Hall–Kier alpha value is -2.88. The van der Waals surface area contributed by atoms with E-state index in [2.05, 4.69) is 22.5 Å². The van der Waals surface area contributed by atoms with Gasteiger partial charge in [-0.15, -0.1) is 0 Å². The van der Waals surface area contributed by atoms with Crippen LogP contribution in [0.25, 0.3) is 10.9 Å². The summed E-state index contributed by atoms with van der Waals surface area (Å²) in [5.74, 6) is 0. The van der Waals surface area contributed by atoms with Gasteiger partial charge < -0.3 is 10.6 Å². The summed E-state index contributed by atoms with van der Waals surface area (Å²) in [7, 11) is 0. The number of urea groups is 1. The summed E-state index contributed by atoms with van der Waals surface area (Å²) in [6, 6.07) is 15.4. The number of aryl methyl sites for hydroxylation is 2. The highest BCUT2D eigenvalue weighted by atomic mass is 16.2. The monoisotopic (exact) mass is 305 g/mol. The third kappa shape index (κ3) is 3.16. The summed E-state index contributed by atoms with van der Waals surface area (Å²) in [4.78, 5) is 16.7. The molecule has 2 amide bonds. The molecule has 2 aromatic carbocycles. The van der Waals surface area contributed by atoms with E-state index in [0.29, 0.717) is 5.69 Å². The highest BCUT2D eigenvalue weighted by Crippen LogP contribution is 2.23. The lowest BCUT2D eigenvalue weighted by Gasteiger charge is -2.14. The molecule has 4 heteroatoms. The molecule has 4 nitrogen and oxygen atoms in total. The number of pyridine rings is 1. The number of hydrogen-bond donors (Lipinski definition) is 2. The fraction of sp³-hybridized carbons (Fsp3) is 0.158. The molecule has 1 aromatic heterocycles. The van der Waals surface area contributed by atoms with E-state index in [1.165, 1.54) is 0 Å². The number of nitrogens with zero attached hydrogens (tertiary/aromatic N) is 1. The van der Waals surface area contributed by atoms with Crippen molar-refractivity contribution < 1.29 is 4.79 Å². The van der Waals surface area contributed by atoms with Crippen molar-refractivity contribution in [2.45, 2.75) is 20.3 Å². The molecule has 0 saturated carbocycles. The van der Waals surface area contributed by atoms with Crippen molar-refractivity contribution >= 4 is 28.3 Å². The molecule has 0 radical (unpaired) electrons. The van der Waals surface area contributed by atoms with Crippen molar-refractivity contribution in [3.63, 3.8) is 0 Å². The Balaban J connectivity index is 1.85. The van der Waals surface area contributed by atoms with E-state index >= 15 is 0 Å². The molecular formula is C19H19N3O. The Morgan fingerprint density at radius 3 is 2.65 bits per heavy atom. The van der Waals surface area contributed by atoms with E-state index in [1.54, 1.807) is 6.20 Å². The Bertz CT molecular complexity index is 853. The van der Waals surface area contributed by atoms with Gasteiger partial charge >= 0.3 is 6.03 Å². The maximum Gasteiger partial charge on any atom is 0.323 e. The van der Waals surface area contributed by atoms with Crippen LogP contribution >= 0.6 is 0 Å². The van der Waals surface area contributed by atoms with Gasteiger partial charge in [-0.1, -0.05) is 43.3 Å². The number of benzene rings is 2. The van der Waals surface area contributed by atoms with Crippen LogP contribution in [0.2, 0.25) is 0 Å². The van der Waals surface area contributed by atoms with Crippen LogP contribution in [0.1, 0.15) is 18.1 Å². The predicted octanol–water partition coefficient (Wildman–Crippen LogP) is 4.75. The molecule has 2 N–H and O–H groups in total. The van der Waals surface area contributed by atoms with Gasteiger partial charge in [0.25, 0.3) is 0 Å². The molecule has 0 saturated heterocycles. The molecule has 3 aromatic rings. The molecule has 0 aliphatic rings. The van der Waals surface area contributed by atoms with Gasteiger partial charge in [-0.3, -0.25) is 4.98 Å². The standard InChI is InChI=1S/C19H19N3O/c1-3-14-8-4-7-13(2)17(14)22-19(23)21-16-11-5-9-15-10-6-12-20-18(15)16/h4-12H,3H2,1-2H3,(H2,21,22,23). The van der Waals surface area contributed by atoms with Crippen LogP contribution in [-0.2, 0) is 6.42 Å². The first-order valence-electron chi connectivity index (χ1n) is 7.69. The van der Waals surface area contributed by atoms with Gasteiger partial charge in [-0.25, -0.2) is 4.79 Å². The largest absolute Gasteiger partial charge is 0.323 e. The van der Waals surface area contributed by atoms with Crippen LogP contribution in [0.3, 0.4) is 0 Å². The first kappa shape index (κ1) is 15.0. The Morgan fingerprint density at radius 1 is 1.04 bits per heavy atom. The van der Waals surface area contributed by atoms with Crippen LogP contribution in [0.4, 0.5) is 16.2 Å². The second-order valence-corrected chi connectivity index (χ2v) is 5.42. The molecule has 0 fully saturated rings. The number of anilines is 2. The first-order chi connectivity index (χ1) is 11.2. The smallest absolute Gasteiger partial charge is 0.307 e.